The monoisotopic (exact) mass is 400 g/mol. The lowest BCUT2D eigenvalue weighted by molar-refractivity contribution is 0.0844. The molecule has 2 amide bonds. The van der Waals surface area contributed by atoms with Crippen LogP contribution in [-0.2, 0) is 0 Å². The van der Waals surface area contributed by atoms with E-state index in [-0.39, 0.29) is 11.6 Å². The van der Waals surface area contributed by atoms with E-state index in [1.54, 1.807) is 28.8 Å². The number of hydrogen-bond acceptors (Lipinski definition) is 6. The lowest BCUT2D eigenvalue weighted by atomic mass is 10.2. The number of anilines is 1. The van der Waals surface area contributed by atoms with Gasteiger partial charge in [0.15, 0.2) is 0 Å². The molecule has 0 saturated heterocycles. The van der Waals surface area contributed by atoms with E-state index in [9.17, 15) is 9.59 Å². The molecule has 2 aromatic heterocycles. The second-order valence-electron chi connectivity index (χ2n) is 5.68. The van der Waals surface area contributed by atoms with E-state index in [0.29, 0.717) is 5.56 Å². The molecule has 6 nitrogen and oxygen atoms in total. The molecule has 3 rings (SSSR count). The number of amides is 2. The van der Waals surface area contributed by atoms with Crippen molar-refractivity contribution in [2.45, 2.75) is 13.8 Å². The van der Waals surface area contributed by atoms with Gasteiger partial charge in [-0.15, -0.1) is 11.3 Å². The Kier molecular flexibility index (Phi) is 6.20. The lowest BCUT2D eigenvalue weighted by Gasteiger charge is -2.21. The Morgan fingerprint density at radius 3 is 2.33 bits per heavy atom. The Morgan fingerprint density at radius 1 is 1.00 bits per heavy atom. The van der Waals surface area contributed by atoms with Crippen LogP contribution in [0, 0.1) is 0 Å². The lowest BCUT2D eigenvalue weighted by Crippen LogP contribution is -2.41. The molecule has 0 aliphatic rings. The third-order valence-electron chi connectivity index (χ3n) is 4.05. The molecule has 0 spiro atoms. The van der Waals surface area contributed by atoms with Gasteiger partial charge in [0.05, 0.1) is 0 Å². The molecule has 0 aliphatic carbocycles. The van der Waals surface area contributed by atoms with Crippen molar-refractivity contribution >= 4 is 40.2 Å². The largest absolute Gasteiger partial charge is 0.372 e. The first-order valence-electron chi connectivity index (χ1n) is 8.56. The van der Waals surface area contributed by atoms with E-state index in [1.807, 2.05) is 29.0 Å². The summed E-state index contributed by atoms with van der Waals surface area (Å²) in [4.78, 5) is 30.9. The molecular formula is C19H20N4O2S2. The van der Waals surface area contributed by atoms with Gasteiger partial charge in [0.25, 0.3) is 11.8 Å². The Bertz CT molecular complexity index is 900. The fourth-order valence-electron chi connectivity index (χ4n) is 2.56. The van der Waals surface area contributed by atoms with E-state index >= 15 is 0 Å². The van der Waals surface area contributed by atoms with Gasteiger partial charge >= 0.3 is 0 Å². The average Bonchev–Trinajstić information content (AvgIpc) is 3.39. The van der Waals surface area contributed by atoms with Crippen molar-refractivity contribution in [2.24, 2.45) is 0 Å². The van der Waals surface area contributed by atoms with Crippen molar-refractivity contribution < 1.29 is 9.59 Å². The minimum absolute atomic E-state index is 0.276. The minimum Gasteiger partial charge on any atom is -0.372 e. The summed E-state index contributed by atoms with van der Waals surface area (Å²) in [5, 5.41) is 6.39. The van der Waals surface area contributed by atoms with Gasteiger partial charge in [0.1, 0.15) is 10.7 Å². The molecule has 0 atom stereocenters. The molecule has 0 radical (unpaired) electrons. The normalized spacial score (nSPS) is 10.4. The summed E-state index contributed by atoms with van der Waals surface area (Å²) < 4.78 is 0. The SMILES string of the molecule is CCN(CC)c1ccc(C(=O)NNC(=O)c2csc(-c3ccsc3)n2)cc1. The number of carbonyl (C=O) groups excluding carboxylic acids is 2. The molecule has 8 heteroatoms. The predicted octanol–water partition coefficient (Wildman–Crippen LogP) is 3.79. The van der Waals surface area contributed by atoms with Crippen LogP contribution in [-0.4, -0.2) is 29.9 Å². The van der Waals surface area contributed by atoms with Crippen LogP contribution in [0.3, 0.4) is 0 Å². The first-order valence-corrected chi connectivity index (χ1v) is 10.4. The molecule has 140 valence electrons. The Labute approximate surface area is 165 Å². The zero-order valence-electron chi connectivity index (χ0n) is 15.1. The van der Waals surface area contributed by atoms with Gasteiger partial charge in [-0.05, 0) is 49.6 Å². The average molecular weight is 401 g/mol. The predicted molar refractivity (Wildman–Crippen MR) is 110 cm³/mol. The maximum absolute atomic E-state index is 12.2. The molecule has 0 fully saturated rings. The van der Waals surface area contributed by atoms with Crippen molar-refractivity contribution in [1.82, 2.24) is 15.8 Å². The van der Waals surface area contributed by atoms with E-state index < -0.39 is 5.91 Å². The number of thiophene rings is 1. The number of aromatic nitrogens is 1. The van der Waals surface area contributed by atoms with E-state index in [2.05, 4.69) is 34.6 Å². The van der Waals surface area contributed by atoms with Crippen LogP contribution in [0.2, 0.25) is 0 Å². The minimum atomic E-state index is -0.444. The Balaban J connectivity index is 1.58. The molecule has 0 saturated carbocycles. The number of hydrazine groups is 1. The summed E-state index contributed by atoms with van der Waals surface area (Å²) in [6, 6.07) is 9.24. The fraction of sp³-hybridized carbons (Fsp3) is 0.211. The highest BCUT2D eigenvalue weighted by Crippen LogP contribution is 2.25. The molecule has 1 aromatic carbocycles. The van der Waals surface area contributed by atoms with Gasteiger partial charge in [0.2, 0.25) is 0 Å². The van der Waals surface area contributed by atoms with Gasteiger partial charge in [0, 0.05) is 40.7 Å². The quantitative estimate of drug-likeness (QED) is 0.618. The maximum atomic E-state index is 12.2. The van der Waals surface area contributed by atoms with E-state index in [4.69, 9.17) is 0 Å². The molecule has 0 aliphatic heterocycles. The number of rotatable bonds is 6. The summed E-state index contributed by atoms with van der Waals surface area (Å²) in [7, 11) is 0. The fourth-order valence-corrected chi connectivity index (χ4v) is 4.07. The van der Waals surface area contributed by atoms with Crippen molar-refractivity contribution in [3.63, 3.8) is 0 Å². The molecule has 0 unspecified atom stereocenters. The van der Waals surface area contributed by atoms with E-state index in [1.165, 1.54) is 11.3 Å². The molecular weight excluding hydrogens is 380 g/mol. The van der Waals surface area contributed by atoms with Crippen molar-refractivity contribution in [1.29, 1.82) is 0 Å². The van der Waals surface area contributed by atoms with Crippen LogP contribution < -0.4 is 15.8 Å². The zero-order chi connectivity index (χ0) is 19.2. The Hall–Kier alpha value is -2.71. The third kappa shape index (κ3) is 4.53. The van der Waals surface area contributed by atoms with Crippen molar-refractivity contribution in [2.75, 3.05) is 18.0 Å². The van der Waals surface area contributed by atoms with Gasteiger partial charge in [-0.1, -0.05) is 0 Å². The van der Waals surface area contributed by atoms with Crippen LogP contribution in [0.15, 0.2) is 46.5 Å². The van der Waals surface area contributed by atoms with Crippen LogP contribution in [0.4, 0.5) is 5.69 Å². The van der Waals surface area contributed by atoms with Crippen LogP contribution in [0.1, 0.15) is 34.7 Å². The molecule has 0 bridgehead atoms. The zero-order valence-corrected chi connectivity index (χ0v) is 16.7. The van der Waals surface area contributed by atoms with E-state index in [0.717, 1.165) is 29.3 Å². The summed E-state index contributed by atoms with van der Waals surface area (Å²) in [5.74, 6) is -0.816. The second-order valence-corrected chi connectivity index (χ2v) is 7.32. The van der Waals surface area contributed by atoms with Crippen LogP contribution >= 0.6 is 22.7 Å². The van der Waals surface area contributed by atoms with Gasteiger partial charge in [-0.2, -0.15) is 11.3 Å². The summed E-state index contributed by atoms with van der Waals surface area (Å²) in [6.07, 6.45) is 0. The van der Waals surface area contributed by atoms with Crippen molar-refractivity contribution in [3.8, 4) is 10.6 Å². The van der Waals surface area contributed by atoms with Gasteiger partial charge in [-0.25, -0.2) is 4.98 Å². The molecule has 2 N–H and O–H groups in total. The number of thiazole rings is 1. The Morgan fingerprint density at radius 2 is 1.70 bits per heavy atom. The summed E-state index contributed by atoms with van der Waals surface area (Å²) in [5.41, 5.74) is 7.64. The number of benzene rings is 1. The smallest absolute Gasteiger partial charge is 0.289 e. The first kappa shape index (κ1) is 19.1. The van der Waals surface area contributed by atoms with Gasteiger partial charge in [-0.3, -0.25) is 20.4 Å². The van der Waals surface area contributed by atoms with Crippen LogP contribution in [0.5, 0.6) is 0 Å². The third-order valence-corrected chi connectivity index (χ3v) is 5.63. The van der Waals surface area contributed by atoms with Crippen LogP contribution in [0.25, 0.3) is 10.6 Å². The van der Waals surface area contributed by atoms with Gasteiger partial charge < -0.3 is 4.90 Å². The number of hydrogen-bond donors (Lipinski definition) is 2. The highest BCUT2D eigenvalue weighted by Gasteiger charge is 2.14. The molecule has 27 heavy (non-hydrogen) atoms. The topological polar surface area (TPSA) is 74.3 Å². The second kappa shape index (κ2) is 8.79. The number of nitrogens with one attached hydrogen (secondary N) is 2. The summed E-state index contributed by atoms with van der Waals surface area (Å²) >= 11 is 2.97. The highest BCUT2D eigenvalue weighted by atomic mass is 32.1. The standard InChI is InChI=1S/C19H20N4O2S2/c1-3-23(4-2)15-7-5-13(6-8-15)17(24)21-22-18(25)16-12-27-19(20-16)14-9-10-26-11-14/h5-12H,3-4H2,1-2H3,(H,21,24)(H,22,25). The summed E-state index contributed by atoms with van der Waals surface area (Å²) in [6.45, 7) is 5.97. The number of nitrogens with zero attached hydrogens (tertiary/aromatic N) is 2. The molecule has 3 aromatic rings. The maximum Gasteiger partial charge on any atom is 0.289 e. The first-order chi connectivity index (χ1) is 13.1. The molecule has 2 heterocycles. The number of carbonyl (C=O) groups is 2. The highest BCUT2D eigenvalue weighted by molar-refractivity contribution is 7.14. The van der Waals surface area contributed by atoms with Crippen molar-refractivity contribution in [3.05, 3.63) is 57.7 Å².